The maximum Gasteiger partial charge on any atom is 0.221 e. The van der Waals surface area contributed by atoms with Crippen LogP contribution in [-0.4, -0.2) is 59.0 Å². The summed E-state index contributed by atoms with van der Waals surface area (Å²) < 4.78 is 0. The van der Waals surface area contributed by atoms with Crippen LogP contribution in [0.2, 0.25) is 0 Å². The van der Waals surface area contributed by atoms with Crippen molar-refractivity contribution in [2.75, 3.05) is 32.7 Å². The second kappa shape index (κ2) is 10.2. The molecule has 1 aliphatic carbocycles. The van der Waals surface area contributed by atoms with Crippen molar-refractivity contribution in [2.45, 2.75) is 70.9 Å². The number of amides is 1. The lowest BCUT2D eigenvalue weighted by molar-refractivity contribution is -0.125. The molecule has 170 valence electrons. The fourth-order valence-electron chi connectivity index (χ4n) is 5.78. The third-order valence-corrected chi connectivity index (χ3v) is 7.26. The monoisotopic (exact) mass is 424 g/mol. The molecule has 2 heterocycles. The van der Waals surface area contributed by atoms with E-state index in [-0.39, 0.29) is 11.4 Å². The highest BCUT2D eigenvalue weighted by atomic mass is 16.1. The molecule has 1 saturated heterocycles. The average molecular weight is 425 g/mol. The average Bonchev–Trinajstić information content (AvgIpc) is 3.22. The smallest absolute Gasteiger partial charge is 0.221 e. The van der Waals surface area contributed by atoms with Crippen LogP contribution in [0.5, 0.6) is 0 Å². The van der Waals surface area contributed by atoms with Crippen molar-refractivity contribution in [3.8, 4) is 0 Å². The zero-order chi connectivity index (χ0) is 21.7. The SMILES string of the molecule is CC(C)CN1CCCN(Cc2cccc3[nH]ccc23)CCNC(=O)CC12CCCCC2. The van der Waals surface area contributed by atoms with Crippen molar-refractivity contribution < 1.29 is 4.79 Å². The highest BCUT2D eigenvalue weighted by Gasteiger charge is 2.39. The number of carbonyl (C=O) groups excluding carboxylic acids is 1. The second-order valence-electron chi connectivity index (χ2n) is 10.1. The van der Waals surface area contributed by atoms with Gasteiger partial charge in [0.1, 0.15) is 0 Å². The van der Waals surface area contributed by atoms with Gasteiger partial charge < -0.3 is 10.3 Å². The van der Waals surface area contributed by atoms with Gasteiger partial charge in [-0.15, -0.1) is 0 Å². The van der Waals surface area contributed by atoms with Gasteiger partial charge in [-0.2, -0.15) is 0 Å². The summed E-state index contributed by atoms with van der Waals surface area (Å²) in [5, 5.41) is 4.57. The molecule has 5 heteroatoms. The summed E-state index contributed by atoms with van der Waals surface area (Å²) in [6.07, 6.45) is 10.0. The van der Waals surface area contributed by atoms with Gasteiger partial charge in [-0.3, -0.25) is 14.6 Å². The lowest BCUT2D eigenvalue weighted by Crippen LogP contribution is -2.54. The Hall–Kier alpha value is -1.85. The number of carbonyl (C=O) groups is 1. The number of nitrogens with zero attached hydrogens (tertiary/aromatic N) is 2. The molecule has 2 N–H and O–H groups in total. The predicted molar refractivity (Wildman–Crippen MR) is 128 cm³/mol. The summed E-state index contributed by atoms with van der Waals surface area (Å²) >= 11 is 0. The van der Waals surface area contributed by atoms with Crippen molar-refractivity contribution in [2.24, 2.45) is 5.92 Å². The van der Waals surface area contributed by atoms with Crippen molar-refractivity contribution in [3.63, 3.8) is 0 Å². The molecule has 4 rings (SSSR count). The molecule has 1 amide bonds. The Balaban J connectivity index is 1.50. The van der Waals surface area contributed by atoms with Crippen molar-refractivity contribution in [3.05, 3.63) is 36.0 Å². The minimum Gasteiger partial charge on any atom is -0.361 e. The number of aromatic nitrogens is 1. The van der Waals surface area contributed by atoms with E-state index in [0.717, 1.165) is 45.7 Å². The number of aromatic amines is 1. The molecular weight excluding hydrogens is 384 g/mol. The van der Waals surface area contributed by atoms with Gasteiger partial charge in [0, 0.05) is 55.2 Å². The first kappa shape index (κ1) is 22.3. The maximum absolute atomic E-state index is 13.0. The predicted octanol–water partition coefficient (Wildman–Crippen LogP) is 4.54. The zero-order valence-electron chi connectivity index (χ0n) is 19.5. The van der Waals surface area contributed by atoms with Crippen LogP contribution >= 0.6 is 0 Å². The standard InChI is InChI=1S/C26H40N4O/c1-21(2)19-30-16-7-15-29(20-22-8-6-9-24-23(22)10-13-27-24)17-14-28-25(31)18-26(30)11-4-3-5-12-26/h6,8-10,13,21,27H,3-5,7,11-12,14-20H2,1-2H3,(H,28,31). The Kier molecular flexibility index (Phi) is 7.34. The van der Waals surface area contributed by atoms with E-state index < -0.39 is 0 Å². The fraction of sp³-hybridized carbons (Fsp3) is 0.654. The maximum atomic E-state index is 13.0. The number of H-pyrrole nitrogens is 1. The van der Waals surface area contributed by atoms with E-state index >= 15 is 0 Å². The second-order valence-corrected chi connectivity index (χ2v) is 10.1. The fourth-order valence-corrected chi connectivity index (χ4v) is 5.78. The molecule has 1 spiro atoms. The van der Waals surface area contributed by atoms with Crippen molar-refractivity contribution in [1.82, 2.24) is 20.1 Å². The van der Waals surface area contributed by atoms with Crippen LogP contribution in [0.15, 0.2) is 30.5 Å². The third kappa shape index (κ3) is 5.50. The topological polar surface area (TPSA) is 51.4 Å². The van der Waals surface area contributed by atoms with Gasteiger partial charge in [0.05, 0.1) is 0 Å². The summed E-state index contributed by atoms with van der Waals surface area (Å²) in [6, 6.07) is 8.69. The molecule has 2 aromatic rings. The van der Waals surface area contributed by atoms with Crippen LogP contribution in [-0.2, 0) is 11.3 Å². The van der Waals surface area contributed by atoms with Gasteiger partial charge >= 0.3 is 0 Å². The summed E-state index contributed by atoms with van der Waals surface area (Å²) in [6.45, 7) is 10.5. The number of rotatable bonds is 4. The minimum absolute atomic E-state index is 0.0679. The molecule has 1 saturated carbocycles. The lowest BCUT2D eigenvalue weighted by atomic mass is 9.77. The number of hydrogen-bond acceptors (Lipinski definition) is 3. The summed E-state index contributed by atoms with van der Waals surface area (Å²) in [5.41, 5.74) is 2.63. The van der Waals surface area contributed by atoms with Gasteiger partial charge in [-0.25, -0.2) is 0 Å². The van der Waals surface area contributed by atoms with E-state index in [2.05, 4.69) is 58.2 Å². The van der Waals surface area contributed by atoms with E-state index in [4.69, 9.17) is 0 Å². The first-order valence-electron chi connectivity index (χ1n) is 12.3. The normalized spacial score (nSPS) is 22.0. The summed E-state index contributed by atoms with van der Waals surface area (Å²) in [7, 11) is 0. The molecule has 0 bridgehead atoms. The molecule has 1 aromatic carbocycles. The largest absolute Gasteiger partial charge is 0.361 e. The molecule has 2 fully saturated rings. The first-order valence-corrected chi connectivity index (χ1v) is 12.3. The molecule has 0 atom stereocenters. The first-order chi connectivity index (χ1) is 15.1. The molecule has 0 unspecified atom stereocenters. The van der Waals surface area contributed by atoms with Crippen LogP contribution in [0.25, 0.3) is 10.9 Å². The zero-order valence-corrected chi connectivity index (χ0v) is 19.5. The van der Waals surface area contributed by atoms with Crippen LogP contribution in [0.4, 0.5) is 0 Å². The van der Waals surface area contributed by atoms with E-state index in [0.29, 0.717) is 12.3 Å². The molecule has 5 nitrogen and oxygen atoms in total. The van der Waals surface area contributed by atoms with E-state index in [1.165, 1.54) is 48.6 Å². The van der Waals surface area contributed by atoms with E-state index in [1.807, 2.05) is 6.20 Å². The highest BCUT2D eigenvalue weighted by Crippen LogP contribution is 2.37. The Bertz CT molecular complexity index is 852. The van der Waals surface area contributed by atoms with Crippen LogP contribution in [0, 0.1) is 5.92 Å². The molecule has 1 aromatic heterocycles. The molecular formula is C26H40N4O. The Morgan fingerprint density at radius 2 is 1.87 bits per heavy atom. The third-order valence-electron chi connectivity index (χ3n) is 7.26. The van der Waals surface area contributed by atoms with Gasteiger partial charge in [-0.1, -0.05) is 45.2 Å². The number of nitrogens with one attached hydrogen (secondary N) is 2. The molecule has 31 heavy (non-hydrogen) atoms. The number of hydrogen-bond donors (Lipinski definition) is 2. The van der Waals surface area contributed by atoms with Gasteiger partial charge in [-0.05, 0) is 56.0 Å². The van der Waals surface area contributed by atoms with Gasteiger partial charge in [0.25, 0.3) is 0 Å². The Morgan fingerprint density at radius 1 is 1.03 bits per heavy atom. The lowest BCUT2D eigenvalue weighted by Gasteiger charge is -2.47. The number of benzene rings is 1. The number of fused-ring (bicyclic) bond motifs is 1. The quantitative estimate of drug-likeness (QED) is 0.758. The molecule has 2 aliphatic rings. The van der Waals surface area contributed by atoms with Crippen molar-refractivity contribution >= 4 is 16.8 Å². The minimum atomic E-state index is 0.0679. The van der Waals surface area contributed by atoms with Crippen LogP contribution in [0.3, 0.4) is 0 Å². The molecule has 1 aliphatic heterocycles. The van der Waals surface area contributed by atoms with Crippen LogP contribution < -0.4 is 5.32 Å². The Labute approximate surface area is 187 Å². The van der Waals surface area contributed by atoms with Gasteiger partial charge in [0.15, 0.2) is 0 Å². The molecule has 0 radical (unpaired) electrons. The van der Waals surface area contributed by atoms with Crippen molar-refractivity contribution in [1.29, 1.82) is 0 Å². The Morgan fingerprint density at radius 3 is 2.68 bits per heavy atom. The van der Waals surface area contributed by atoms with Gasteiger partial charge in [0.2, 0.25) is 5.91 Å². The van der Waals surface area contributed by atoms with E-state index in [1.54, 1.807) is 0 Å². The highest BCUT2D eigenvalue weighted by molar-refractivity contribution is 5.82. The summed E-state index contributed by atoms with van der Waals surface area (Å²) in [4.78, 5) is 21.5. The van der Waals surface area contributed by atoms with E-state index in [9.17, 15) is 4.79 Å². The summed E-state index contributed by atoms with van der Waals surface area (Å²) in [5.74, 6) is 0.861. The van der Waals surface area contributed by atoms with Crippen LogP contribution in [0.1, 0.15) is 64.4 Å².